The van der Waals surface area contributed by atoms with E-state index in [4.69, 9.17) is 0 Å². The highest BCUT2D eigenvalue weighted by atomic mass is 16.4. The Hall–Kier alpha value is -2.33. The smallest absolute Gasteiger partial charge is 0.335 e. The summed E-state index contributed by atoms with van der Waals surface area (Å²) in [6.07, 6.45) is 4.86. The van der Waals surface area contributed by atoms with Gasteiger partial charge in [0.2, 0.25) is 0 Å². The minimum atomic E-state index is -0.856. The topological polar surface area (TPSA) is 43.8 Å². The van der Waals surface area contributed by atoms with Crippen LogP contribution in [0.25, 0.3) is 0 Å². The van der Waals surface area contributed by atoms with Crippen molar-refractivity contribution in [3.63, 3.8) is 0 Å². The van der Waals surface area contributed by atoms with E-state index in [1.165, 1.54) is 18.5 Å². The van der Waals surface area contributed by atoms with E-state index < -0.39 is 5.97 Å². The first-order valence-electron chi connectivity index (χ1n) is 10.7. The zero-order chi connectivity index (χ0) is 20.8. The van der Waals surface area contributed by atoms with E-state index >= 15 is 0 Å². The zero-order valence-corrected chi connectivity index (χ0v) is 17.9. The number of rotatable bonds is 4. The predicted molar refractivity (Wildman–Crippen MR) is 118 cm³/mol. The summed E-state index contributed by atoms with van der Waals surface area (Å²) in [6.45, 7) is 6.25. The number of carboxylic acid groups (broad SMARTS) is 1. The molecule has 29 heavy (non-hydrogen) atoms. The number of fused-ring (bicyclic) bond motifs is 2. The van der Waals surface area contributed by atoms with Gasteiger partial charge in [0.15, 0.2) is 0 Å². The fourth-order valence-electron chi connectivity index (χ4n) is 5.24. The molecule has 2 aromatic carbocycles. The van der Waals surface area contributed by atoms with E-state index in [-0.39, 0.29) is 5.41 Å². The van der Waals surface area contributed by atoms with Crippen LogP contribution < -0.4 is 4.90 Å². The summed E-state index contributed by atoms with van der Waals surface area (Å²) >= 11 is 0. The molecule has 2 aliphatic heterocycles. The third kappa shape index (κ3) is 3.78. The van der Waals surface area contributed by atoms with E-state index in [2.05, 4.69) is 68.0 Å². The maximum Gasteiger partial charge on any atom is 0.335 e. The number of benzene rings is 2. The molecule has 1 unspecified atom stereocenters. The molecule has 0 radical (unpaired) electrons. The summed E-state index contributed by atoms with van der Waals surface area (Å²) in [7, 11) is 2.27. The highest BCUT2D eigenvalue weighted by molar-refractivity contribution is 5.90. The van der Waals surface area contributed by atoms with Crippen molar-refractivity contribution in [1.82, 2.24) is 4.90 Å². The lowest BCUT2D eigenvalue weighted by Crippen LogP contribution is -2.47. The molecule has 0 spiro atoms. The molecule has 2 bridgehead atoms. The monoisotopic (exact) mass is 392 g/mol. The normalized spacial score (nSPS) is 24.5. The van der Waals surface area contributed by atoms with Crippen molar-refractivity contribution >= 4 is 17.3 Å². The fraction of sp³-hybridized carbons (Fsp3) is 0.480. The van der Waals surface area contributed by atoms with E-state index in [1.54, 1.807) is 6.07 Å². The number of carbonyl (C=O) groups is 1. The predicted octanol–water partition coefficient (Wildman–Crippen LogP) is 5.45. The second-order valence-electron chi connectivity index (χ2n) is 9.67. The summed E-state index contributed by atoms with van der Waals surface area (Å²) in [5, 5.41) is 9.71. The average Bonchev–Trinajstić information content (AvgIpc) is 2.89. The van der Waals surface area contributed by atoms with Gasteiger partial charge >= 0.3 is 5.97 Å². The number of aromatic carboxylic acids is 1. The number of carboxylic acids is 1. The molecule has 3 atom stereocenters. The molecule has 4 rings (SSSR count). The number of para-hydroxylation sites is 1. The highest BCUT2D eigenvalue weighted by Crippen LogP contribution is 2.41. The van der Waals surface area contributed by atoms with Gasteiger partial charge in [0.05, 0.1) is 5.56 Å². The number of piperidine rings is 1. The fourth-order valence-corrected chi connectivity index (χ4v) is 5.24. The number of anilines is 2. The van der Waals surface area contributed by atoms with Crippen molar-refractivity contribution in [2.24, 2.45) is 0 Å². The van der Waals surface area contributed by atoms with E-state index in [9.17, 15) is 9.90 Å². The first-order chi connectivity index (χ1) is 13.8. The van der Waals surface area contributed by atoms with Crippen LogP contribution in [-0.2, 0) is 5.41 Å². The van der Waals surface area contributed by atoms with Crippen LogP contribution in [0.2, 0.25) is 0 Å². The highest BCUT2D eigenvalue weighted by Gasteiger charge is 2.41. The molecule has 2 fully saturated rings. The van der Waals surface area contributed by atoms with Crippen LogP contribution in [0.15, 0.2) is 48.5 Å². The molecule has 2 aromatic rings. The summed E-state index contributed by atoms with van der Waals surface area (Å²) in [5.74, 6) is -0.856. The Labute approximate surface area is 174 Å². The minimum Gasteiger partial charge on any atom is -0.478 e. The van der Waals surface area contributed by atoms with Crippen molar-refractivity contribution in [3.05, 3.63) is 59.7 Å². The Morgan fingerprint density at radius 3 is 2.17 bits per heavy atom. The summed E-state index contributed by atoms with van der Waals surface area (Å²) in [5.41, 5.74) is 3.33. The lowest BCUT2D eigenvalue weighted by atomic mass is 9.83. The van der Waals surface area contributed by atoms with Crippen molar-refractivity contribution in [3.8, 4) is 0 Å². The number of hydrogen-bond donors (Lipinski definition) is 1. The van der Waals surface area contributed by atoms with Crippen molar-refractivity contribution in [1.29, 1.82) is 0 Å². The van der Waals surface area contributed by atoms with Gasteiger partial charge in [-0.3, -0.25) is 0 Å². The van der Waals surface area contributed by atoms with Crippen LogP contribution in [-0.4, -0.2) is 41.1 Å². The van der Waals surface area contributed by atoms with Gasteiger partial charge in [0.25, 0.3) is 0 Å². The Bertz CT molecular complexity index is 873. The Morgan fingerprint density at radius 2 is 1.62 bits per heavy atom. The van der Waals surface area contributed by atoms with Gasteiger partial charge in [-0.1, -0.05) is 39.0 Å². The zero-order valence-electron chi connectivity index (χ0n) is 17.9. The van der Waals surface area contributed by atoms with Gasteiger partial charge in [-0.2, -0.15) is 0 Å². The lowest BCUT2D eigenvalue weighted by Gasteiger charge is -2.43. The van der Waals surface area contributed by atoms with Gasteiger partial charge in [-0.15, -0.1) is 0 Å². The molecular weight excluding hydrogens is 360 g/mol. The van der Waals surface area contributed by atoms with Gasteiger partial charge in [0.1, 0.15) is 0 Å². The summed E-state index contributed by atoms with van der Waals surface area (Å²) in [6, 6.07) is 18.2. The van der Waals surface area contributed by atoms with E-state index in [0.29, 0.717) is 23.7 Å². The van der Waals surface area contributed by atoms with Crippen molar-refractivity contribution in [2.75, 3.05) is 11.9 Å². The molecule has 0 amide bonds. The van der Waals surface area contributed by atoms with Gasteiger partial charge < -0.3 is 14.9 Å². The van der Waals surface area contributed by atoms with Crippen LogP contribution in [0.1, 0.15) is 62.4 Å². The van der Waals surface area contributed by atoms with Crippen LogP contribution >= 0.6 is 0 Å². The standard InChI is InChI=1S/C25H32N2O2/c1-25(2,3)23-16-20(12-13-22(23)24(28)29)27(17-8-6-5-7-9-17)21-14-18-10-11-19(15-21)26(18)4/h5-9,12-13,16,18-19,21H,10-11,14-15H2,1-4H3,(H,28,29)/t18-,19+,21?. The third-order valence-electron chi connectivity index (χ3n) is 6.79. The largest absolute Gasteiger partial charge is 0.478 e. The maximum absolute atomic E-state index is 11.8. The van der Waals surface area contributed by atoms with E-state index in [1.807, 2.05) is 12.1 Å². The Morgan fingerprint density at radius 1 is 1.00 bits per heavy atom. The first-order valence-corrected chi connectivity index (χ1v) is 10.7. The molecule has 2 aliphatic rings. The molecule has 0 aliphatic carbocycles. The van der Waals surface area contributed by atoms with Crippen LogP contribution in [0.5, 0.6) is 0 Å². The van der Waals surface area contributed by atoms with Crippen LogP contribution in [0.3, 0.4) is 0 Å². The quantitative estimate of drug-likeness (QED) is 0.752. The second kappa shape index (κ2) is 7.49. The molecular formula is C25H32N2O2. The molecule has 1 N–H and O–H groups in total. The third-order valence-corrected chi connectivity index (χ3v) is 6.79. The SMILES string of the molecule is CN1[C@@H]2CC[C@H]1CC(N(c1ccccc1)c1ccc(C(=O)O)c(C(C)(C)C)c1)C2. The number of hydrogen-bond acceptors (Lipinski definition) is 3. The lowest BCUT2D eigenvalue weighted by molar-refractivity contribution is 0.0694. The van der Waals surface area contributed by atoms with Crippen molar-refractivity contribution in [2.45, 2.75) is 70.0 Å². The maximum atomic E-state index is 11.8. The minimum absolute atomic E-state index is 0.238. The van der Waals surface area contributed by atoms with Gasteiger partial charge in [0, 0.05) is 29.5 Å². The second-order valence-corrected chi connectivity index (χ2v) is 9.67. The van der Waals surface area contributed by atoms with Crippen LogP contribution in [0, 0.1) is 0 Å². The number of nitrogens with zero attached hydrogens (tertiary/aromatic N) is 2. The molecule has 0 aromatic heterocycles. The van der Waals surface area contributed by atoms with Gasteiger partial charge in [-0.25, -0.2) is 4.79 Å². The Balaban J connectivity index is 1.79. The molecule has 4 heteroatoms. The average molecular weight is 393 g/mol. The molecule has 0 saturated carbocycles. The van der Waals surface area contributed by atoms with Gasteiger partial charge in [-0.05, 0) is 74.0 Å². The Kier molecular flexibility index (Phi) is 5.16. The summed E-state index contributed by atoms with van der Waals surface area (Å²) in [4.78, 5) is 16.9. The molecule has 2 heterocycles. The summed E-state index contributed by atoms with van der Waals surface area (Å²) < 4.78 is 0. The first kappa shape index (κ1) is 20.0. The molecule has 4 nitrogen and oxygen atoms in total. The van der Waals surface area contributed by atoms with Crippen LogP contribution in [0.4, 0.5) is 11.4 Å². The molecule has 154 valence electrons. The molecule has 2 saturated heterocycles. The van der Waals surface area contributed by atoms with Crippen molar-refractivity contribution < 1.29 is 9.90 Å². The van der Waals surface area contributed by atoms with E-state index in [0.717, 1.165) is 24.1 Å².